The van der Waals surface area contributed by atoms with Crippen molar-refractivity contribution in [2.45, 2.75) is 46.1 Å². The molecule has 0 saturated heterocycles. The van der Waals surface area contributed by atoms with Gasteiger partial charge in [-0.2, -0.15) is 0 Å². The summed E-state index contributed by atoms with van der Waals surface area (Å²) in [5.74, 6) is 0.819. The zero-order valence-electron chi connectivity index (χ0n) is 18.2. The summed E-state index contributed by atoms with van der Waals surface area (Å²) in [6.45, 7) is 8.99. The number of amides is 1. The van der Waals surface area contributed by atoms with E-state index >= 15 is 0 Å². The van der Waals surface area contributed by atoms with E-state index in [1.165, 1.54) is 5.56 Å². The average molecular weight is 402 g/mol. The molecule has 5 heteroatoms. The van der Waals surface area contributed by atoms with Gasteiger partial charge in [-0.25, -0.2) is 0 Å². The Hall–Kier alpha value is -3.21. The highest BCUT2D eigenvalue weighted by atomic mass is 16.5. The van der Waals surface area contributed by atoms with Gasteiger partial charge in [0.2, 0.25) is 5.91 Å². The van der Waals surface area contributed by atoms with Crippen LogP contribution in [0.3, 0.4) is 0 Å². The fraction of sp³-hybridized carbons (Fsp3) is 0.320. The van der Waals surface area contributed by atoms with E-state index in [0.29, 0.717) is 13.0 Å². The van der Waals surface area contributed by atoms with Crippen molar-refractivity contribution in [1.82, 2.24) is 9.97 Å². The summed E-state index contributed by atoms with van der Waals surface area (Å²) in [5, 5.41) is 0. The van der Waals surface area contributed by atoms with Crippen molar-refractivity contribution < 1.29 is 9.53 Å². The van der Waals surface area contributed by atoms with E-state index in [4.69, 9.17) is 4.74 Å². The molecular weight excluding hydrogens is 374 g/mol. The predicted octanol–water partition coefficient (Wildman–Crippen LogP) is 4.85. The summed E-state index contributed by atoms with van der Waals surface area (Å²) < 4.78 is 5.40. The first-order chi connectivity index (χ1) is 14.3. The Morgan fingerprint density at radius 2 is 1.80 bits per heavy atom. The number of hydrogen-bond acceptors (Lipinski definition) is 4. The number of nitrogens with zero attached hydrogens (tertiary/aromatic N) is 3. The van der Waals surface area contributed by atoms with Gasteiger partial charge < -0.3 is 9.64 Å². The van der Waals surface area contributed by atoms with Crippen LogP contribution in [0.1, 0.15) is 43.3 Å². The number of carbonyl (C=O) groups is 1. The zero-order chi connectivity index (χ0) is 21.5. The van der Waals surface area contributed by atoms with Crippen molar-refractivity contribution in [3.8, 4) is 16.9 Å². The van der Waals surface area contributed by atoms with Gasteiger partial charge in [0, 0.05) is 23.5 Å². The van der Waals surface area contributed by atoms with Gasteiger partial charge in [-0.05, 0) is 35.6 Å². The quantitative estimate of drug-likeness (QED) is 0.627. The molecule has 5 nitrogen and oxygen atoms in total. The molecule has 1 amide bonds. The maximum Gasteiger partial charge on any atom is 0.233 e. The van der Waals surface area contributed by atoms with E-state index in [2.05, 4.69) is 61.1 Å². The minimum atomic E-state index is 0.0433. The van der Waals surface area contributed by atoms with E-state index < -0.39 is 0 Å². The van der Waals surface area contributed by atoms with E-state index in [1.54, 1.807) is 18.2 Å². The van der Waals surface area contributed by atoms with Crippen LogP contribution in [0, 0.1) is 6.92 Å². The van der Waals surface area contributed by atoms with Crippen LogP contribution in [-0.2, 0) is 23.2 Å². The number of rotatable bonds is 4. The van der Waals surface area contributed by atoms with Gasteiger partial charge in [-0.3, -0.25) is 14.8 Å². The van der Waals surface area contributed by atoms with E-state index in [9.17, 15) is 4.79 Å². The van der Waals surface area contributed by atoms with Gasteiger partial charge >= 0.3 is 0 Å². The van der Waals surface area contributed by atoms with Gasteiger partial charge in [0.25, 0.3) is 0 Å². The standard InChI is InChI=1S/C25H27N3O2/c1-16-21(26-11-10-23(16)30-5)15-28-22-12-18(14-27-20(22)13-24(28)29)17-6-8-19(9-7-17)25(2,3)4/h6-12,14H,13,15H2,1-5H3. The smallest absolute Gasteiger partial charge is 0.233 e. The van der Waals surface area contributed by atoms with Crippen molar-refractivity contribution in [3.63, 3.8) is 0 Å². The van der Waals surface area contributed by atoms with Crippen molar-refractivity contribution in [3.05, 3.63) is 71.3 Å². The Kier molecular flexibility index (Phi) is 5.06. The third-order valence-corrected chi connectivity index (χ3v) is 5.73. The second-order valence-electron chi connectivity index (χ2n) is 8.76. The third kappa shape index (κ3) is 3.67. The molecule has 0 N–H and O–H groups in total. The molecule has 3 aromatic rings. The molecule has 0 spiro atoms. The molecule has 30 heavy (non-hydrogen) atoms. The lowest BCUT2D eigenvalue weighted by Crippen LogP contribution is -2.27. The number of ether oxygens (including phenoxy) is 1. The van der Waals surface area contributed by atoms with Crippen LogP contribution in [0.5, 0.6) is 5.75 Å². The monoisotopic (exact) mass is 401 g/mol. The van der Waals surface area contributed by atoms with Gasteiger partial charge in [0.05, 0.1) is 37.2 Å². The summed E-state index contributed by atoms with van der Waals surface area (Å²) in [7, 11) is 1.64. The second-order valence-corrected chi connectivity index (χ2v) is 8.76. The number of aromatic nitrogens is 2. The Labute approximate surface area is 177 Å². The topological polar surface area (TPSA) is 55.3 Å². The second kappa shape index (κ2) is 7.56. The molecule has 2 aromatic heterocycles. The summed E-state index contributed by atoms with van der Waals surface area (Å²) in [5.41, 5.74) is 6.95. The molecule has 4 rings (SSSR count). The number of fused-ring (bicyclic) bond motifs is 1. The van der Waals surface area contributed by atoms with Crippen LogP contribution < -0.4 is 9.64 Å². The van der Waals surface area contributed by atoms with Crippen LogP contribution in [-0.4, -0.2) is 23.0 Å². The number of carbonyl (C=O) groups excluding carboxylic acids is 1. The number of anilines is 1. The van der Waals surface area contributed by atoms with Crippen molar-refractivity contribution >= 4 is 11.6 Å². The molecule has 1 aliphatic heterocycles. The fourth-order valence-corrected chi connectivity index (χ4v) is 3.81. The van der Waals surface area contributed by atoms with Crippen molar-refractivity contribution in [2.75, 3.05) is 12.0 Å². The molecule has 1 aromatic carbocycles. The first-order valence-corrected chi connectivity index (χ1v) is 10.2. The molecule has 0 atom stereocenters. The van der Waals surface area contributed by atoms with Crippen LogP contribution in [0.15, 0.2) is 48.8 Å². The first-order valence-electron chi connectivity index (χ1n) is 10.2. The summed E-state index contributed by atoms with van der Waals surface area (Å²) >= 11 is 0. The molecule has 0 bridgehead atoms. The van der Waals surface area contributed by atoms with Gasteiger partial charge in [0.1, 0.15) is 5.75 Å². The molecule has 0 saturated carbocycles. The van der Waals surface area contributed by atoms with Crippen molar-refractivity contribution in [1.29, 1.82) is 0 Å². The van der Waals surface area contributed by atoms with E-state index in [0.717, 1.165) is 39.5 Å². The van der Waals surface area contributed by atoms with Crippen LogP contribution in [0.2, 0.25) is 0 Å². The third-order valence-electron chi connectivity index (χ3n) is 5.73. The number of methoxy groups -OCH3 is 1. The first kappa shape index (κ1) is 20.1. The van der Waals surface area contributed by atoms with Crippen LogP contribution in [0.4, 0.5) is 5.69 Å². The summed E-state index contributed by atoms with van der Waals surface area (Å²) in [6.07, 6.45) is 3.90. The normalized spacial score (nSPS) is 13.5. The minimum absolute atomic E-state index is 0.0433. The fourth-order valence-electron chi connectivity index (χ4n) is 3.81. The Balaban J connectivity index is 1.67. The Morgan fingerprint density at radius 1 is 1.07 bits per heavy atom. The predicted molar refractivity (Wildman–Crippen MR) is 119 cm³/mol. The molecule has 3 heterocycles. The Bertz CT molecular complexity index is 1100. The van der Waals surface area contributed by atoms with E-state index in [1.807, 2.05) is 19.2 Å². The van der Waals surface area contributed by atoms with Gasteiger partial charge in [-0.15, -0.1) is 0 Å². The molecular formula is C25H27N3O2. The average Bonchev–Trinajstić information content (AvgIpc) is 3.03. The van der Waals surface area contributed by atoms with Crippen LogP contribution in [0.25, 0.3) is 11.1 Å². The van der Waals surface area contributed by atoms with Crippen LogP contribution >= 0.6 is 0 Å². The lowest BCUT2D eigenvalue weighted by Gasteiger charge is -2.20. The molecule has 0 aliphatic carbocycles. The summed E-state index contributed by atoms with van der Waals surface area (Å²) in [6, 6.07) is 12.5. The molecule has 1 aliphatic rings. The lowest BCUT2D eigenvalue weighted by molar-refractivity contribution is -0.117. The lowest BCUT2D eigenvalue weighted by atomic mass is 9.86. The summed E-state index contributed by atoms with van der Waals surface area (Å²) in [4.78, 5) is 23.6. The van der Waals surface area contributed by atoms with Crippen molar-refractivity contribution in [2.24, 2.45) is 0 Å². The molecule has 154 valence electrons. The highest BCUT2D eigenvalue weighted by Gasteiger charge is 2.30. The van der Waals surface area contributed by atoms with Gasteiger partial charge in [-0.1, -0.05) is 45.0 Å². The molecule has 0 unspecified atom stereocenters. The molecule has 0 radical (unpaired) electrons. The maximum absolute atomic E-state index is 12.7. The number of benzene rings is 1. The number of pyridine rings is 2. The largest absolute Gasteiger partial charge is 0.496 e. The Morgan fingerprint density at radius 3 is 2.47 bits per heavy atom. The number of hydrogen-bond donors (Lipinski definition) is 0. The SMILES string of the molecule is COc1ccnc(CN2C(=O)Cc3ncc(-c4ccc(C(C)(C)C)cc4)cc32)c1C. The van der Waals surface area contributed by atoms with E-state index in [-0.39, 0.29) is 11.3 Å². The highest BCUT2D eigenvalue weighted by Crippen LogP contribution is 2.34. The highest BCUT2D eigenvalue weighted by molar-refractivity contribution is 6.01. The zero-order valence-corrected chi connectivity index (χ0v) is 18.2. The maximum atomic E-state index is 12.7. The molecule has 0 fully saturated rings. The minimum Gasteiger partial charge on any atom is -0.496 e. The van der Waals surface area contributed by atoms with Gasteiger partial charge in [0.15, 0.2) is 0 Å².